The molecule has 0 atom stereocenters. The Hall–Kier alpha value is -2.89. The largest absolute Gasteiger partial charge is 0.354 e. The molecule has 3 aromatic rings. The fraction of sp³-hybridized carbons (Fsp3) is 0.188. The summed E-state index contributed by atoms with van der Waals surface area (Å²) in [6.07, 6.45) is 1.70. The Morgan fingerprint density at radius 2 is 2.00 bits per heavy atom. The molecule has 0 unspecified atom stereocenters. The Morgan fingerprint density at radius 3 is 2.68 bits per heavy atom. The average Bonchev–Trinajstić information content (AvgIpc) is 3.02. The monoisotopic (exact) mass is 296 g/mol. The molecule has 6 heteroatoms. The van der Waals surface area contributed by atoms with E-state index in [0.29, 0.717) is 28.2 Å². The highest BCUT2D eigenvalue weighted by atomic mass is 16.2. The summed E-state index contributed by atoms with van der Waals surface area (Å²) in [6.45, 7) is 5.06. The van der Waals surface area contributed by atoms with Gasteiger partial charge in [0.2, 0.25) is 0 Å². The minimum absolute atomic E-state index is 0.0508. The van der Waals surface area contributed by atoms with Gasteiger partial charge in [0.15, 0.2) is 5.78 Å². The van der Waals surface area contributed by atoms with Gasteiger partial charge in [-0.25, -0.2) is 0 Å². The quantitative estimate of drug-likeness (QED) is 0.649. The van der Waals surface area contributed by atoms with E-state index in [2.05, 4.69) is 20.5 Å². The van der Waals surface area contributed by atoms with Crippen LogP contribution in [0.15, 0.2) is 24.4 Å². The Labute approximate surface area is 126 Å². The normalized spacial score (nSPS) is 10.9. The van der Waals surface area contributed by atoms with E-state index in [4.69, 9.17) is 0 Å². The highest BCUT2D eigenvalue weighted by Gasteiger charge is 2.19. The molecule has 0 fully saturated rings. The summed E-state index contributed by atoms with van der Waals surface area (Å²) in [7, 11) is 0. The van der Waals surface area contributed by atoms with Crippen molar-refractivity contribution in [3.8, 4) is 0 Å². The van der Waals surface area contributed by atoms with Crippen LogP contribution < -0.4 is 5.32 Å². The molecule has 3 N–H and O–H groups in total. The number of nitrogens with zero attached hydrogens (tertiary/aromatic N) is 1. The van der Waals surface area contributed by atoms with Crippen LogP contribution in [0.3, 0.4) is 0 Å². The number of ketones is 1. The SMILES string of the molecule is CC(=O)c1c(C)[nH]c(C(=O)Nc2ccc3[nH]ncc3c2)c1C. The molecular weight excluding hydrogens is 280 g/mol. The lowest BCUT2D eigenvalue weighted by Gasteiger charge is -2.05. The van der Waals surface area contributed by atoms with Crippen LogP contribution in [0.4, 0.5) is 5.69 Å². The summed E-state index contributed by atoms with van der Waals surface area (Å²) >= 11 is 0. The first-order valence-corrected chi connectivity index (χ1v) is 6.92. The standard InChI is InChI=1S/C16H16N4O2/c1-8-14(10(3)21)9(2)18-15(8)16(22)19-12-4-5-13-11(6-12)7-17-20-13/h4-7,18H,1-3H3,(H,17,20)(H,19,22). The number of benzene rings is 1. The van der Waals surface area contributed by atoms with Gasteiger partial charge in [0.05, 0.1) is 11.7 Å². The molecule has 3 rings (SSSR count). The third kappa shape index (κ3) is 2.28. The number of Topliss-reactive ketones (excluding diaryl/α,β-unsaturated/α-hetero) is 1. The summed E-state index contributed by atoms with van der Waals surface area (Å²) in [6, 6.07) is 5.49. The van der Waals surface area contributed by atoms with Crippen molar-refractivity contribution in [2.24, 2.45) is 0 Å². The van der Waals surface area contributed by atoms with Gasteiger partial charge in [-0.05, 0) is 44.5 Å². The van der Waals surface area contributed by atoms with Crippen LogP contribution in [0.5, 0.6) is 0 Å². The number of carbonyl (C=O) groups excluding carboxylic acids is 2. The molecule has 0 aliphatic carbocycles. The van der Waals surface area contributed by atoms with Crippen LogP contribution in [0.1, 0.15) is 39.0 Å². The van der Waals surface area contributed by atoms with Crippen molar-refractivity contribution in [2.45, 2.75) is 20.8 Å². The molecule has 2 aromatic heterocycles. The molecule has 0 bridgehead atoms. The number of rotatable bonds is 3. The fourth-order valence-corrected chi connectivity index (χ4v) is 2.72. The lowest BCUT2D eigenvalue weighted by Crippen LogP contribution is -2.13. The number of aryl methyl sites for hydroxylation is 1. The minimum Gasteiger partial charge on any atom is -0.354 e. The van der Waals surface area contributed by atoms with Gasteiger partial charge < -0.3 is 10.3 Å². The maximum Gasteiger partial charge on any atom is 0.272 e. The number of hydrogen-bond donors (Lipinski definition) is 3. The Kier molecular flexibility index (Phi) is 3.29. The second-order valence-corrected chi connectivity index (χ2v) is 5.31. The van der Waals surface area contributed by atoms with Gasteiger partial charge in [0, 0.05) is 22.3 Å². The van der Waals surface area contributed by atoms with Crippen molar-refractivity contribution in [1.29, 1.82) is 0 Å². The second kappa shape index (κ2) is 5.14. The van der Waals surface area contributed by atoms with Gasteiger partial charge >= 0.3 is 0 Å². The van der Waals surface area contributed by atoms with Gasteiger partial charge in [-0.3, -0.25) is 14.7 Å². The molecule has 0 saturated heterocycles. The summed E-state index contributed by atoms with van der Waals surface area (Å²) in [5, 5.41) is 10.6. The van der Waals surface area contributed by atoms with E-state index in [-0.39, 0.29) is 11.7 Å². The van der Waals surface area contributed by atoms with E-state index < -0.39 is 0 Å². The Morgan fingerprint density at radius 1 is 1.23 bits per heavy atom. The molecule has 6 nitrogen and oxygen atoms in total. The number of carbonyl (C=O) groups is 2. The molecule has 0 saturated carbocycles. The van der Waals surface area contributed by atoms with E-state index >= 15 is 0 Å². The highest BCUT2D eigenvalue weighted by molar-refractivity contribution is 6.08. The molecule has 2 heterocycles. The average molecular weight is 296 g/mol. The summed E-state index contributed by atoms with van der Waals surface area (Å²) in [5.74, 6) is -0.318. The zero-order valence-electron chi connectivity index (χ0n) is 12.6. The number of H-pyrrole nitrogens is 2. The van der Waals surface area contributed by atoms with Crippen LogP contribution in [-0.2, 0) is 0 Å². The lowest BCUT2D eigenvalue weighted by atomic mass is 10.1. The van der Waals surface area contributed by atoms with E-state index in [1.807, 2.05) is 12.1 Å². The van der Waals surface area contributed by atoms with Crippen molar-refractivity contribution in [3.63, 3.8) is 0 Å². The van der Waals surface area contributed by atoms with Crippen molar-refractivity contribution >= 4 is 28.3 Å². The van der Waals surface area contributed by atoms with E-state index in [0.717, 1.165) is 10.9 Å². The lowest BCUT2D eigenvalue weighted by molar-refractivity contribution is 0.101. The number of hydrogen-bond acceptors (Lipinski definition) is 3. The first-order valence-electron chi connectivity index (χ1n) is 6.92. The smallest absolute Gasteiger partial charge is 0.272 e. The molecule has 0 aliphatic heterocycles. The Balaban J connectivity index is 1.91. The Bertz CT molecular complexity index is 889. The van der Waals surface area contributed by atoms with Crippen molar-refractivity contribution in [1.82, 2.24) is 15.2 Å². The predicted molar refractivity (Wildman–Crippen MR) is 84.3 cm³/mol. The first kappa shape index (κ1) is 14.1. The third-order valence-electron chi connectivity index (χ3n) is 3.71. The van der Waals surface area contributed by atoms with Crippen LogP contribution in [0.2, 0.25) is 0 Å². The number of aromatic nitrogens is 3. The zero-order valence-corrected chi connectivity index (χ0v) is 12.6. The van der Waals surface area contributed by atoms with Crippen molar-refractivity contribution in [3.05, 3.63) is 46.9 Å². The maximum absolute atomic E-state index is 12.4. The molecule has 0 spiro atoms. The van der Waals surface area contributed by atoms with E-state index in [9.17, 15) is 9.59 Å². The van der Waals surface area contributed by atoms with Crippen LogP contribution in [0, 0.1) is 13.8 Å². The van der Waals surface area contributed by atoms with Crippen LogP contribution in [-0.4, -0.2) is 26.9 Å². The van der Waals surface area contributed by atoms with Crippen LogP contribution in [0.25, 0.3) is 10.9 Å². The second-order valence-electron chi connectivity index (χ2n) is 5.31. The number of aromatic amines is 2. The first-order chi connectivity index (χ1) is 10.5. The van der Waals surface area contributed by atoms with Gasteiger partial charge in [0.25, 0.3) is 5.91 Å². The van der Waals surface area contributed by atoms with Crippen molar-refractivity contribution in [2.75, 3.05) is 5.32 Å². The molecule has 1 aromatic carbocycles. The minimum atomic E-state index is -0.268. The topological polar surface area (TPSA) is 90.6 Å². The molecule has 0 aliphatic rings. The summed E-state index contributed by atoms with van der Waals surface area (Å²) < 4.78 is 0. The van der Waals surface area contributed by atoms with Gasteiger partial charge in [-0.1, -0.05) is 0 Å². The maximum atomic E-state index is 12.4. The van der Waals surface area contributed by atoms with Gasteiger partial charge in [-0.2, -0.15) is 5.10 Å². The van der Waals surface area contributed by atoms with Gasteiger partial charge in [-0.15, -0.1) is 0 Å². The zero-order chi connectivity index (χ0) is 15.9. The molecule has 0 radical (unpaired) electrons. The van der Waals surface area contributed by atoms with E-state index in [1.54, 1.807) is 26.1 Å². The fourth-order valence-electron chi connectivity index (χ4n) is 2.72. The third-order valence-corrected chi connectivity index (χ3v) is 3.71. The highest BCUT2D eigenvalue weighted by Crippen LogP contribution is 2.21. The molecule has 112 valence electrons. The number of fused-ring (bicyclic) bond motifs is 1. The number of amides is 1. The van der Waals surface area contributed by atoms with Crippen molar-refractivity contribution < 1.29 is 9.59 Å². The predicted octanol–water partition coefficient (Wildman–Crippen LogP) is 2.96. The number of nitrogens with one attached hydrogen (secondary N) is 3. The van der Waals surface area contributed by atoms with Gasteiger partial charge in [0.1, 0.15) is 5.69 Å². The van der Waals surface area contributed by atoms with E-state index in [1.165, 1.54) is 6.92 Å². The van der Waals surface area contributed by atoms with Crippen LogP contribution >= 0.6 is 0 Å². The summed E-state index contributed by atoms with van der Waals surface area (Å²) in [5.41, 5.74) is 3.96. The molecule has 1 amide bonds. The summed E-state index contributed by atoms with van der Waals surface area (Å²) in [4.78, 5) is 27.1. The molecular formula is C16H16N4O2. The number of anilines is 1. The molecule has 22 heavy (non-hydrogen) atoms.